The number of benzene rings is 1. The van der Waals surface area contributed by atoms with Crippen molar-refractivity contribution < 1.29 is 4.39 Å². The van der Waals surface area contributed by atoms with Gasteiger partial charge < -0.3 is 5.32 Å². The highest BCUT2D eigenvalue weighted by Crippen LogP contribution is 2.27. The van der Waals surface area contributed by atoms with E-state index in [0.717, 1.165) is 24.1 Å². The summed E-state index contributed by atoms with van der Waals surface area (Å²) in [6.07, 6.45) is 0.912. The van der Waals surface area contributed by atoms with E-state index in [1.54, 1.807) is 6.07 Å². The molecule has 0 fully saturated rings. The first-order valence-corrected chi connectivity index (χ1v) is 4.85. The lowest BCUT2D eigenvalue weighted by Crippen LogP contribution is -2.26. The van der Waals surface area contributed by atoms with Crippen molar-refractivity contribution in [3.8, 4) is 0 Å². The Bertz CT molecular complexity index is 301. The predicted octanol–water partition coefficient (Wildman–Crippen LogP) is 2.36. The molecule has 1 atom stereocenters. The summed E-state index contributed by atoms with van der Waals surface area (Å²) < 4.78 is 12.8. The number of fused-ring (bicyclic) bond motifs is 1. The standard InChI is InChI=1S/C9H9BrFN/c10-9-8-2-1-7(11)5-6(8)3-4-12-9/h1-2,5,9,12H,3-4H2. The van der Waals surface area contributed by atoms with E-state index >= 15 is 0 Å². The monoisotopic (exact) mass is 229 g/mol. The van der Waals surface area contributed by atoms with Crippen molar-refractivity contribution in [2.45, 2.75) is 11.4 Å². The zero-order chi connectivity index (χ0) is 8.55. The molecule has 0 saturated carbocycles. The molecule has 1 heterocycles. The molecule has 0 aromatic heterocycles. The highest BCUT2D eigenvalue weighted by Gasteiger charge is 2.16. The second kappa shape index (κ2) is 3.15. The van der Waals surface area contributed by atoms with Gasteiger partial charge in [-0.3, -0.25) is 0 Å². The van der Waals surface area contributed by atoms with Gasteiger partial charge in [-0.25, -0.2) is 4.39 Å². The van der Waals surface area contributed by atoms with Crippen LogP contribution in [0.3, 0.4) is 0 Å². The van der Waals surface area contributed by atoms with Crippen molar-refractivity contribution in [2.75, 3.05) is 6.54 Å². The summed E-state index contributed by atoms with van der Waals surface area (Å²) in [6, 6.07) is 4.95. The van der Waals surface area contributed by atoms with Crippen LogP contribution in [0.1, 0.15) is 16.1 Å². The molecule has 1 aromatic rings. The summed E-state index contributed by atoms with van der Waals surface area (Å²) in [5.74, 6) is -0.143. The predicted molar refractivity (Wildman–Crippen MR) is 49.8 cm³/mol. The van der Waals surface area contributed by atoms with E-state index in [1.807, 2.05) is 6.07 Å². The van der Waals surface area contributed by atoms with Gasteiger partial charge in [0.05, 0.1) is 4.95 Å². The van der Waals surface area contributed by atoms with Crippen LogP contribution in [0.25, 0.3) is 0 Å². The maximum atomic E-state index is 12.8. The third kappa shape index (κ3) is 1.39. The van der Waals surface area contributed by atoms with Crippen molar-refractivity contribution in [1.82, 2.24) is 5.32 Å². The van der Waals surface area contributed by atoms with Crippen LogP contribution >= 0.6 is 15.9 Å². The first-order chi connectivity index (χ1) is 5.77. The fraction of sp³-hybridized carbons (Fsp3) is 0.333. The lowest BCUT2D eigenvalue weighted by molar-refractivity contribution is 0.604. The van der Waals surface area contributed by atoms with Gasteiger partial charge in [0.15, 0.2) is 0 Å². The van der Waals surface area contributed by atoms with E-state index in [-0.39, 0.29) is 10.8 Å². The Hall–Kier alpha value is -0.410. The van der Waals surface area contributed by atoms with Crippen LogP contribution in [0.4, 0.5) is 4.39 Å². The number of halogens is 2. The first kappa shape index (κ1) is 8.20. The summed E-state index contributed by atoms with van der Waals surface area (Å²) in [7, 11) is 0. The molecule has 1 aliphatic heterocycles. The molecule has 0 saturated heterocycles. The quantitative estimate of drug-likeness (QED) is 0.533. The third-order valence-corrected chi connectivity index (χ3v) is 2.91. The minimum absolute atomic E-state index is 0.143. The lowest BCUT2D eigenvalue weighted by Gasteiger charge is -2.22. The molecule has 1 N–H and O–H groups in total. The molecule has 0 radical (unpaired) electrons. The van der Waals surface area contributed by atoms with Crippen LogP contribution in [0.5, 0.6) is 0 Å². The van der Waals surface area contributed by atoms with Crippen molar-refractivity contribution in [3.05, 3.63) is 35.1 Å². The maximum Gasteiger partial charge on any atom is 0.123 e. The Labute approximate surface area is 79.1 Å². The Morgan fingerprint density at radius 3 is 3.17 bits per heavy atom. The van der Waals surface area contributed by atoms with Crippen LogP contribution in [0.2, 0.25) is 0 Å². The van der Waals surface area contributed by atoms with Crippen molar-refractivity contribution in [2.24, 2.45) is 0 Å². The van der Waals surface area contributed by atoms with E-state index in [1.165, 1.54) is 6.07 Å². The van der Waals surface area contributed by atoms with Crippen LogP contribution in [0.15, 0.2) is 18.2 Å². The van der Waals surface area contributed by atoms with E-state index in [2.05, 4.69) is 21.2 Å². The highest BCUT2D eigenvalue weighted by atomic mass is 79.9. The van der Waals surface area contributed by atoms with Crippen LogP contribution < -0.4 is 5.32 Å². The fourth-order valence-corrected chi connectivity index (χ4v) is 2.16. The van der Waals surface area contributed by atoms with E-state index in [9.17, 15) is 4.39 Å². The van der Waals surface area contributed by atoms with Gasteiger partial charge in [-0.15, -0.1) is 0 Å². The molecule has 0 aliphatic carbocycles. The molecule has 0 spiro atoms. The molecular formula is C9H9BrFN. The molecule has 0 bridgehead atoms. The van der Waals surface area contributed by atoms with Crippen LogP contribution in [-0.4, -0.2) is 6.54 Å². The van der Waals surface area contributed by atoms with E-state index in [4.69, 9.17) is 0 Å². The normalized spacial score (nSPS) is 22.0. The Morgan fingerprint density at radius 2 is 2.33 bits per heavy atom. The Kier molecular flexibility index (Phi) is 2.15. The average molecular weight is 230 g/mol. The van der Waals surface area contributed by atoms with Gasteiger partial charge in [0.25, 0.3) is 0 Å². The summed E-state index contributed by atoms with van der Waals surface area (Å²) in [4.78, 5) is 0.182. The van der Waals surface area contributed by atoms with Crippen molar-refractivity contribution in [3.63, 3.8) is 0 Å². The summed E-state index contributed by atoms with van der Waals surface area (Å²) in [6.45, 7) is 0.909. The van der Waals surface area contributed by atoms with Crippen molar-refractivity contribution >= 4 is 15.9 Å². The minimum Gasteiger partial charge on any atom is -0.301 e. The largest absolute Gasteiger partial charge is 0.301 e. The smallest absolute Gasteiger partial charge is 0.123 e. The van der Waals surface area contributed by atoms with Gasteiger partial charge in [0.2, 0.25) is 0 Å². The molecule has 2 rings (SSSR count). The molecule has 64 valence electrons. The first-order valence-electron chi connectivity index (χ1n) is 3.93. The fourth-order valence-electron chi connectivity index (χ4n) is 1.48. The van der Waals surface area contributed by atoms with Crippen molar-refractivity contribution in [1.29, 1.82) is 0 Å². The Balaban J connectivity index is 2.46. The molecule has 12 heavy (non-hydrogen) atoms. The molecule has 0 amide bonds. The van der Waals surface area contributed by atoms with Gasteiger partial charge in [0, 0.05) is 6.54 Å². The van der Waals surface area contributed by atoms with E-state index in [0.29, 0.717) is 0 Å². The summed E-state index contributed by atoms with van der Waals surface area (Å²) >= 11 is 3.48. The Morgan fingerprint density at radius 1 is 1.50 bits per heavy atom. The molecule has 1 aromatic carbocycles. The lowest BCUT2D eigenvalue weighted by atomic mass is 10.0. The van der Waals surface area contributed by atoms with Gasteiger partial charge >= 0.3 is 0 Å². The molecule has 1 nitrogen and oxygen atoms in total. The zero-order valence-electron chi connectivity index (χ0n) is 6.48. The molecule has 1 aliphatic rings. The summed E-state index contributed by atoms with van der Waals surface area (Å²) in [5.41, 5.74) is 2.26. The van der Waals surface area contributed by atoms with Crippen LogP contribution in [0, 0.1) is 5.82 Å². The molecular weight excluding hydrogens is 221 g/mol. The number of nitrogens with one attached hydrogen (secondary N) is 1. The van der Waals surface area contributed by atoms with E-state index < -0.39 is 0 Å². The number of hydrogen-bond acceptors (Lipinski definition) is 1. The van der Waals surface area contributed by atoms with Gasteiger partial charge in [-0.2, -0.15) is 0 Å². The zero-order valence-corrected chi connectivity index (χ0v) is 8.07. The second-order valence-corrected chi connectivity index (χ2v) is 3.83. The topological polar surface area (TPSA) is 12.0 Å². The highest BCUT2D eigenvalue weighted by molar-refractivity contribution is 9.09. The third-order valence-electron chi connectivity index (χ3n) is 2.10. The maximum absolute atomic E-state index is 12.8. The average Bonchev–Trinajstić information content (AvgIpc) is 2.04. The summed E-state index contributed by atoms with van der Waals surface area (Å²) in [5, 5.41) is 3.25. The second-order valence-electron chi connectivity index (χ2n) is 2.91. The number of hydrogen-bond donors (Lipinski definition) is 1. The van der Waals surface area contributed by atoms with Gasteiger partial charge in [-0.1, -0.05) is 22.0 Å². The number of rotatable bonds is 0. The minimum atomic E-state index is -0.143. The van der Waals surface area contributed by atoms with Gasteiger partial charge in [0.1, 0.15) is 5.82 Å². The SMILES string of the molecule is Fc1ccc2c(c1)CCNC2Br. The molecule has 1 unspecified atom stereocenters. The number of alkyl halides is 1. The molecule has 3 heteroatoms. The van der Waals surface area contributed by atoms with Gasteiger partial charge in [-0.05, 0) is 29.7 Å². The van der Waals surface area contributed by atoms with Crippen LogP contribution in [-0.2, 0) is 6.42 Å².